The summed E-state index contributed by atoms with van der Waals surface area (Å²) in [5, 5.41) is 3.95. The zero-order valence-corrected chi connectivity index (χ0v) is 13.0. The van der Waals surface area contributed by atoms with Crippen LogP contribution < -0.4 is 11.1 Å². The Kier molecular flexibility index (Phi) is 7.59. The van der Waals surface area contributed by atoms with E-state index >= 15 is 0 Å². The average Bonchev–Trinajstić information content (AvgIpc) is 2.44. The van der Waals surface area contributed by atoms with Crippen LogP contribution in [0.4, 0.5) is 0 Å². The summed E-state index contributed by atoms with van der Waals surface area (Å²) < 4.78 is 0. The summed E-state index contributed by atoms with van der Waals surface area (Å²) in [7, 11) is 0. The lowest BCUT2D eigenvalue weighted by atomic mass is 10.1. The molecule has 1 aromatic carbocycles. The molecule has 0 aliphatic rings. The summed E-state index contributed by atoms with van der Waals surface area (Å²) in [6.07, 6.45) is 1.11. The molecule has 0 unspecified atom stereocenters. The van der Waals surface area contributed by atoms with Crippen molar-refractivity contribution in [3.05, 3.63) is 34.3 Å². The van der Waals surface area contributed by atoms with E-state index in [0.29, 0.717) is 17.1 Å². The minimum absolute atomic E-state index is 0.445. The second kappa shape index (κ2) is 8.95. The molecule has 0 fully saturated rings. The maximum atomic E-state index is 11.0. The van der Waals surface area contributed by atoms with Gasteiger partial charge in [-0.2, -0.15) is 0 Å². The van der Waals surface area contributed by atoms with Crippen LogP contribution in [-0.2, 0) is 6.54 Å². The van der Waals surface area contributed by atoms with E-state index in [0.717, 1.165) is 38.2 Å². The minimum Gasteiger partial charge on any atom is -0.366 e. The molecule has 1 rings (SSSR count). The normalized spacial score (nSPS) is 11.0. The fraction of sp³-hybridized carbons (Fsp3) is 0.533. The highest BCUT2D eigenvalue weighted by Crippen LogP contribution is 2.17. The van der Waals surface area contributed by atoms with Crippen molar-refractivity contribution in [1.29, 1.82) is 0 Å². The van der Waals surface area contributed by atoms with E-state index in [2.05, 4.69) is 24.1 Å². The number of halogens is 1. The third-order valence-electron chi connectivity index (χ3n) is 3.38. The third-order valence-corrected chi connectivity index (χ3v) is 3.73. The first-order valence-electron chi connectivity index (χ1n) is 7.09. The molecule has 0 bridgehead atoms. The number of amides is 1. The second-order valence-electron chi connectivity index (χ2n) is 4.73. The molecule has 112 valence electrons. The van der Waals surface area contributed by atoms with Gasteiger partial charge in [-0.3, -0.25) is 4.79 Å². The number of primary amides is 1. The van der Waals surface area contributed by atoms with Crippen molar-refractivity contribution in [1.82, 2.24) is 10.2 Å². The smallest absolute Gasteiger partial charge is 0.248 e. The molecule has 5 heteroatoms. The van der Waals surface area contributed by atoms with Crippen molar-refractivity contribution in [3.8, 4) is 0 Å². The molecule has 0 heterocycles. The minimum atomic E-state index is -0.453. The number of rotatable bonds is 9. The van der Waals surface area contributed by atoms with Crippen LogP contribution >= 0.6 is 11.6 Å². The highest BCUT2D eigenvalue weighted by atomic mass is 35.5. The Labute approximate surface area is 126 Å². The van der Waals surface area contributed by atoms with Gasteiger partial charge in [0.25, 0.3) is 0 Å². The van der Waals surface area contributed by atoms with E-state index in [1.165, 1.54) is 0 Å². The quantitative estimate of drug-likeness (QED) is 0.687. The first kappa shape index (κ1) is 17.0. The van der Waals surface area contributed by atoms with Crippen molar-refractivity contribution < 1.29 is 4.79 Å². The Morgan fingerprint density at radius 3 is 2.60 bits per heavy atom. The van der Waals surface area contributed by atoms with Crippen molar-refractivity contribution in [3.63, 3.8) is 0 Å². The van der Waals surface area contributed by atoms with Gasteiger partial charge < -0.3 is 16.0 Å². The maximum Gasteiger partial charge on any atom is 0.248 e. The summed E-state index contributed by atoms with van der Waals surface area (Å²) in [6.45, 7) is 9.30. The molecule has 1 amide bonds. The molecule has 0 saturated carbocycles. The van der Waals surface area contributed by atoms with Crippen molar-refractivity contribution in [2.24, 2.45) is 5.73 Å². The number of benzene rings is 1. The maximum absolute atomic E-state index is 11.0. The molecule has 0 aliphatic carbocycles. The Bertz CT molecular complexity index is 433. The van der Waals surface area contributed by atoms with Crippen LogP contribution in [-0.4, -0.2) is 37.0 Å². The summed E-state index contributed by atoms with van der Waals surface area (Å²) in [5.74, 6) is -0.453. The average molecular weight is 298 g/mol. The van der Waals surface area contributed by atoms with Gasteiger partial charge >= 0.3 is 0 Å². The predicted octanol–water partition coefficient (Wildman–Crippen LogP) is 2.26. The van der Waals surface area contributed by atoms with E-state index < -0.39 is 5.91 Å². The molecule has 20 heavy (non-hydrogen) atoms. The molecule has 0 atom stereocenters. The number of carbonyl (C=O) groups is 1. The molecular weight excluding hydrogens is 274 g/mol. The second-order valence-corrected chi connectivity index (χ2v) is 5.13. The van der Waals surface area contributed by atoms with E-state index in [4.69, 9.17) is 17.3 Å². The fourth-order valence-corrected chi connectivity index (χ4v) is 2.28. The Morgan fingerprint density at radius 1 is 1.35 bits per heavy atom. The van der Waals surface area contributed by atoms with E-state index in [1.807, 2.05) is 6.07 Å². The number of hydrogen-bond acceptors (Lipinski definition) is 3. The number of carbonyl (C=O) groups excluding carboxylic acids is 1. The number of nitrogens with zero attached hydrogens (tertiary/aromatic N) is 1. The summed E-state index contributed by atoms with van der Waals surface area (Å²) in [6, 6.07) is 5.18. The zero-order valence-electron chi connectivity index (χ0n) is 12.3. The topological polar surface area (TPSA) is 58.4 Å². The van der Waals surface area contributed by atoms with Crippen LogP contribution in [0.2, 0.25) is 5.02 Å². The van der Waals surface area contributed by atoms with Crippen LogP contribution in [0.1, 0.15) is 36.2 Å². The largest absolute Gasteiger partial charge is 0.366 e. The monoisotopic (exact) mass is 297 g/mol. The molecule has 3 N–H and O–H groups in total. The van der Waals surface area contributed by atoms with E-state index in [-0.39, 0.29) is 0 Å². The van der Waals surface area contributed by atoms with Gasteiger partial charge in [-0.15, -0.1) is 0 Å². The lowest BCUT2D eigenvalue weighted by Gasteiger charge is -2.17. The van der Waals surface area contributed by atoms with Gasteiger partial charge in [0.05, 0.1) is 0 Å². The summed E-state index contributed by atoms with van der Waals surface area (Å²) in [5.41, 5.74) is 6.64. The van der Waals surface area contributed by atoms with Gasteiger partial charge in [-0.25, -0.2) is 0 Å². The van der Waals surface area contributed by atoms with Crippen LogP contribution in [0.5, 0.6) is 0 Å². The Morgan fingerprint density at radius 2 is 2.05 bits per heavy atom. The highest BCUT2D eigenvalue weighted by Gasteiger charge is 2.05. The summed E-state index contributed by atoms with van der Waals surface area (Å²) in [4.78, 5) is 13.4. The first-order valence-corrected chi connectivity index (χ1v) is 7.47. The predicted molar refractivity (Wildman–Crippen MR) is 84.1 cm³/mol. The molecule has 0 spiro atoms. The Hall–Kier alpha value is -1.10. The van der Waals surface area contributed by atoms with E-state index in [9.17, 15) is 4.79 Å². The highest BCUT2D eigenvalue weighted by molar-refractivity contribution is 6.31. The summed E-state index contributed by atoms with van der Waals surface area (Å²) >= 11 is 6.13. The van der Waals surface area contributed by atoms with E-state index in [1.54, 1.807) is 12.1 Å². The van der Waals surface area contributed by atoms with Crippen LogP contribution in [0.15, 0.2) is 18.2 Å². The fourth-order valence-electron chi connectivity index (χ4n) is 2.03. The van der Waals surface area contributed by atoms with Crippen molar-refractivity contribution in [2.45, 2.75) is 26.8 Å². The molecule has 1 aromatic rings. The first-order chi connectivity index (χ1) is 9.58. The molecule has 0 aliphatic heterocycles. The van der Waals surface area contributed by atoms with Crippen molar-refractivity contribution in [2.75, 3.05) is 26.2 Å². The van der Waals surface area contributed by atoms with Gasteiger partial charge in [0, 0.05) is 17.1 Å². The van der Waals surface area contributed by atoms with Gasteiger partial charge in [-0.1, -0.05) is 31.5 Å². The van der Waals surface area contributed by atoms with Crippen LogP contribution in [0, 0.1) is 0 Å². The molecule has 0 radical (unpaired) electrons. The van der Waals surface area contributed by atoms with Gasteiger partial charge in [0.1, 0.15) is 0 Å². The number of hydrogen-bond donors (Lipinski definition) is 2. The molecular formula is C15H24ClN3O. The zero-order chi connectivity index (χ0) is 15.0. The molecule has 4 nitrogen and oxygen atoms in total. The number of nitrogens with two attached hydrogens (primary N) is 1. The van der Waals surface area contributed by atoms with Crippen molar-refractivity contribution >= 4 is 17.5 Å². The standard InChI is InChI=1S/C15H24ClN3O/c1-3-19(4-2)9-5-8-18-11-13-7-6-12(15(17)20)10-14(13)16/h6-7,10,18H,3-5,8-9,11H2,1-2H3,(H2,17,20). The van der Waals surface area contributed by atoms with Gasteiger partial charge in [0.2, 0.25) is 5.91 Å². The van der Waals surface area contributed by atoms with Gasteiger partial charge in [-0.05, 0) is 50.3 Å². The molecule has 0 saturated heterocycles. The third kappa shape index (κ3) is 5.49. The Balaban J connectivity index is 2.34. The lowest BCUT2D eigenvalue weighted by Crippen LogP contribution is -2.27. The SMILES string of the molecule is CCN(CC)CCCNCc1ccc(C(N)=O)cc1Cl. The molecule has 0 aromatic heterocycles. The lowest BCUT2D eigenvalue weighted by molar-refractivity contribution is 0.100. The van der Waals surface area contributed by atoms with Crippen LogP contribution in [0.3, 0.4) is 0 Å². The van der Waals surface area contributed by atoms with Crippen LogP contribution in [0.25, 0.3) is 0 Å². The van der Waals surface area contributed by atoms with Gasteiger partial charge in [0.15, 0.2) is 0 Å². The number of nitrogens with one attached hydrogen (secondary N) is 1.